The van der Waals surface area contributed by atoms with E-state index >= 15 is 0 Å². The molecule has 3 heterocycles. The second kappa shape index (κ2) is 7.64. The van der Waals surface area contributed by atoms with Gasteiger partial charge in [-0.3, -0.25) is 9.48 Å². The van der Waals surface area contributed by atoms with E-state index in [1.54, 1.807) is 14.1 Å². The Morgan fingerprint density at radius 3 is 2.67 bits per heavy atom. The molecular formula is C19H29N7O. The van der Waals surface area contributed by atoms with Crippen LogP contribution in [0.4, 0.5) is 5.82 Å². The summed E-state index contributed by atoms with van der Waals surface area (Å²) in [7, 11) is 5.41. The van der Waals surface area contributed by atoms with E-state index in [0.29, 0.717) is 6.04 Å². The van der Waals surface area contributed by atoms with Crippen LogP contribution in [0.3, 0.4) is 0 Å². The summed E-state index contributed by atoms with van der Waals surface area (Å²) in [6.07, 6.45) is 2.94. The minimum Gasteiger partial charge on any atom is -0.355 e. The van der Waals surface area contributed by atoms with Gasteiger partial charge in [-0.05, 0) is 32.8 Å². The van der Waals surface area contributed by atoms with Gasteiger partial charge in [-0.1, -0.05) is 0 Å². The van der Waals surface area contributed by atoms with Crippen LogP contribution in [0.15, 0.2) is 6.20 Å². The Bertz CT molecular complexity index is 823. The molecule has 8 heteroatoms. The fourth-order valence-electron chi connectivity index (χ4n) is 3.40. The van der Waals surface area contributed by atoms with E-state index in [4.69, 9.17) is 0 Å². The van der Waals surface area contributed by atoms with Gasteiger partial charge >= 0.3 is 0 Å². The number of carbonyl (C=O) groups is 1. The molecule has 1 N–H and O–H groups in total. The van der Waals surface area contributed by atoms with E-state index in [-0.39, 0.29) is 11.7 Å². The number of hydrogen-bond donors (Lipinski definition) is 1. The molecule has 0 unspecified atom stereocenters. The molecule has 1 atom stereocenters. The first-order valence-electron chi connectivity index (χ1n) is 9.30. The summed E-state index contributed by atoms with van der Waals surface area (Å²) < 4.78 is 1.92. The average molecular weight is 371 g/mol. The van der Waals surface area contributed by atoms with Gasteiger partial charge in [0.1, 0.15) is 5.82 Å². The van der Waals surface area contributed by atoms with Crippen molar-refractivity contribution < 1.29 is 4.79 Å². The molecular weight excluding hydrogens is 342 g/mol. The maximum Gasteiger partial charge on any atom is 0.291 e. The van der Waals surface area contributed by atoms with Gasteiger partial charge in [-0.15, -0.1) is 0 Å². The first-order valence-corrected chi connectivity index (χ1v) is 9.30. The second-order valence-electron chi connectivity index (χ2n) is 7.49. The van der Waals surface area contributed by atoms with Gasteiger partial charge in [0.15, 0.2) is 0 Å². The van der Waals surface area contributed by atoms with Crippen molar-refractivity contribution in [3.8, 4) is 0 Å². The Hall–Kier alpha value is -2.48. The third-order valence-corrected chi connectivity index (χ3v) is 5.28. The molecule has 0 aromatic carbocycles. The SMILES string of the molecule is Cc1cnn(C)c1CN[C@@H]1CCN(c2nc(C(=O)N(C)C)nc(C)c2C)C1. The zero-order valence-electron chi connectivity index (χ0n) is 17.1. The number of nitrogens with one attached hydrogen (secondary N) is 1. The minimum atomic E-state index is -0.167. The number of aromatic nitrogens is 4. The lowest BCUT2D eigenvalue weighted by atomic mass is 10.2. The molecule has 0 saturated carbocycles. The van der Waals surface area contributed by atoms with Gasteiger partial charge < -0.3 is 15.1 Å². The quantitative estimate of drug-likeness (QED) is 0.851. The lowest BCUT2D eigenvalue weighted by Gasteiger charge is -2.22. The number of amides is 1. The topological polar surface area (TPSA) is 79.2 Å². The van der Waals surface area contributed by atoms with Crippen LogP contribution < -0.4 is 10.2 Å². The number of anilines is 1. The third-order valence-electron chi connectivity index (χ3n) is 5.28. The summed E-state index contributed by atoms with van der Waals surface area (Å²) >= 11 is 0. The Morgan fingerprint density at radius 1 is 1.30 bits per heavy atom. The highest BCUT2D eigenvalue weighted by Crippen LogP contribution is 2.24. The summed E-state index contributed by atoms with van der Waals surface area (Å²) in [5.41, 5.74) is 4.30. The van der Waals surface area contributed by atoms with E-state index < -0.39 is 0 Å². The molecule has 146 valence electrons. The smallest absolute Gasteiger partial charge is 0.291 e. The molecule has 0 radical (unpaired) electrons. The Kier molecular flexibility index (Phi) is 5.46. The van der Waals surface area contributed by atoms with Crippen molar-refractivity contribution in [3.63, 3.8) is 0 Å². The van der Waals surface area contributed by atoms with Crippen molar-refractivity contribution in [2.75, 3.05) is 32.1 Å². The second-order valence-corrected chi connectivity index (χ2v) is 7.49. The van der Waals surface area contributed by atoms with Crippen molar-refractivity contribution in [1.82, 2.24) is 30.0 Å². The van der Waals surface area contributed by atoms with Crippen LogP contribution >= 0.6 is 0 Å². The van der Waals surface area contributed by atoms with E-state index in [9.17, 15) is 4.79 Å². The zero-order valence-corrected chi connectivity index (χ0v) is 17.1. The molecule has 1 fully saturated rings. The van der Waals surface area contributed by atoms with Gasteiger partial charge in [-0.2, -0.15) is 5.10 Å². The maximum atomic E-state index is 12.3. The highest BCUT2D eigenvalue weighted by atomic mass is 16.2. The Balaban J connectivity index is 1.72. The van der Waals surface area contributed by atoms with Gasteiger partial charge in [0.2, 0.25) is 5.82 Å². The van der Waals surface area contributed by atoms with Crippen LogP contribution in [0.25, 0.3) is 0 Å². The highest BCUT2D eigenvalue weighted by Gasteiger charge is 2.27. The molecule has 8 nitrogen and oxygen atoms in total. The molecule has 1 aliphatic rings. The average Bonchev–Trinajstić information content (AvgIpc) is 3.21. The monoisotopic (exact) mass is 371 g/mol. The number of carbonyl (C=O) groups excluding carboxylic acids is 1. The van der Waals surface area contributed by atoms with Gasteiger partial charge in [0, 0.05) is 58.1 Å². The molecule has 2 aromatic rings. The van der Waals surface area contributed by atoms with Crippen LogP contribution in [-0.4, -0.2) is 63.8 Å². The molecule has 0 bridgehead atoms. The van der Waals surface area contributed by atoms with E-state index in [0.717, 1.165) is 43.1 Å². The lowest BCUT2D eigenvalue weighted by molar-refractivity contribution is 0.0815. The number of rotatable bonds is 5. The Labute approximate surface area is 160 Å². The predicted molar refractivity (Wildman–Crippen MR) is 105 cm³/mol. The van der Waals surface area contributed by atoms with Crippen LogP contribution in [0.5, 0.6) is 0 Å². The molecule has 1 aliphatic heterocycles. The molecule has 3 rings (SSSR count). The van der Waals surface area contributed by atoms with Crippen LogP contribution in [-0.2, 0) is 13.6 Å². The third kappa shape index (κ3) is 3.95. The summed E-state index contributed by atoms with van der Waals surface area (Å²) in [4.78, 5) is 25.0. The van der Waals surface area contributed by atoms with Crippen molar-refractivity contribution in [3.05, 3.63) is 34.5 Å². The fourth-order valence-corrected chi connectivity index (χ4v) is 3.40. The van der Waals surface area contributed by atoms with E-state index in [1.807, 2.05) is 31.8 Å². The summed E-state index contributed by atoms with van der Waals surface area (Å²) in [6.45, 7) is 8.62. The lowest BCUT2D eigenvalue weighted by Crippen LogP contribution is -2.34. The largest absolute Gasteiger partial charge is 0.355 e. The zero-order chi connectivity index (χ0) is 19.7. The molecule has 1 saturated heterocycles. The first-order chi connectivity index (χ1) is 12.8. The molecule has 2 aromatic heterocycles. The first kappa shape index (κ1) is 19.3. The van der Waals surface area contributed by atoms with Crippen LogP contribution in [0.2, 0.25) is 0 Å². The highest BCUT2D eigenvalue weighted by molar-refractivity contribution is 5.90. The minimum absolute atomic E-state index is 0.167. The maximum absolute atomic E-state index is 12.3. The molecule has 1 amide bonds. The summed E-state index contributed by atoms with van der Waals surface area (Å²) in [5, 5.41) is 7.93. The standard InChI is InChI=1S/C19H29N7O/c1-12-9-21-25(6)16(12)10-20-15-7-8-26(11-15)18-13(2)14(3)22-17(23-18)19(27)24(4)5/h9,15,20H,7-8,10-11H2,1-6H3/t15-/m1/s1. The number of hydrogen-bond acceptors (Lipinski definition) is 6. The van der Waals surface area contributed by atoms with Crippen molar-refractivity contribution >= 4 is 11.7 Å². The van der Waals surface area contributed by atoms with Gasteiger partial charge in [0.25, 0.3) is 5.91 Å². The van der Waals surface area contributed by atoms with Crippen molar-refractivity contribution in [1.29, 1.82) is 0 Å². The van der Waals surface area contributed by atoms with Gasteiger partial charge in [-0.25, -0.2) is 9.97 Å². The predicted octanol–water partition coefficient (Wildman–Crippen LogP) is 1.21. The Morgan fingerprint density at radius 2 is 2.04 bits per heavy atom. The molecule has 0 aliphatic carbocycles. The normalized spacial score (nSPS) is 16.8. The number of nitrogens with zero attached hydrogens (tertiary/aromatic N) is 6. The van der Waals surface area contributed by atoms with Crippen LogP contribution in [0, 0.1) is 20.8 Å². The van der Waals surface area contributed by atoms with E-state index in [2.05, 4.69) is 32.2 Å². The number of aryl methyl sites for hydroxylation is 3. The molecule has 0 spiro atoms. The van der Waals surface area contributed by atoms with E-state index in [1.165, 1.54) is 16.2 Å². The van der Waals surface area contributed by atoms with Crippen molar-refractivity contribution in [2.45, 2.75) is 39.8 Å². The van der Waals surface area contributed by atoms with Crippen molar-refractivity contribution in [2.24, 2.45) is 7.05 Å². The fraction of sp³-hybridized carbons (Fsp3) is 0.579. The molecule has 27 heavy (non-hydrogen) atoms. The van der Waals surface area contributed by atoms with Crippen LogP contribution in [0.1, 0.15) is 39.6 Å². The van der Waals surface area contributed by atoms with Gasteiger partial charge in [0.05, 0.1) is 11.9 Å². The summed E-state index contributed by atoms with van der Waals surface area (Å²) in [5.74, 6) is 0.966. The summed E-state index contributed by atoms with van der Waals surface area (Å²) in [6, 6.07) is 0.377.